The summed E-state index contributed by atoms with van der Waals surface area (Å²) in [5.74, 6) is 0.455. The van der Waals surface area contributed by atoms with Crippen LogP contribution in [0.25, 0.3) is 0 Å². The molecule has 1 aliphatic carbocycles. The first kappa shape index (κ1) is 13.4. The zero-order chi connectivity index (χ0) is 13.1. The molecule has 1 aromatic rings. The minimum atomic E-state index is 0.410. The smallest absolute Gasteiger partial charge is 0.119 e. The van der Waals surface area contributed by atoms with E-state index in [-0.39, 0.29) is 0 Å². The summed E-state index contributed by atoms with van der Waals surface area (Å²) in [6.07, 6.45) is 2.08. The van der Waals surface area contributed by atoms with Crippen molar-refractivity contribution in [2.75, 3.05) is 20.1 Å². The summed E-state index contributed by atoms with van der Waals surface area (Å²) in [6, 6.07) is 6.85. The summed E-state index contributed by atoms with van der Waals surface area (Å²) in [5.41, 5.74) is 2.41. The molecule has 100 valence electrons. The lowest BCUT2D eigenvalue weighted by Gasteiger charge is -2.22. The summed E-state index contributed by atoms with van der Waals surface area (Å²) in [5, 5.41) is 13.4. The predicted molar refractivity (Wildman–Crippen MR) is 74.9 cm³/mol. The Bertz CT molecular complexity index is 403. The molecule has 0 heterocycles. The third-order valence-corrected chi connectivity index (χ3v) is 3.98. The van der Waals surface area contributed by atoms with E-state index in [1.807, 2.05) is 6.07 Å². The van der Waals surface area contributed by atoms with Gasteiger partial charge in [-0.05, 0) is 50.9 Å². The van der Waals surface area contributed by atoms with E-state index < -0.39 is 0 Å². The lowest BCUT2D eigenvalue weighted by Crippen LogP contribution is -2.34. The van der Waals surface area contributed by atoms with Crippen LogP contribution in [0.3, 0.4) is 0 Å². The van der Waals surface area contributed by atoms with Gasteiger partial charge in [-0.2, -0.15) is 0 Å². The van der Waals surface area contributed by atoms with Crippen molar-refractivity contribution in [2.24, 2.45) is 0 Å². The van der Waals surface area contributed by atoms with Crippen LogP contribution in [0, 0.1) is 0 Å². The Morgan fingerprint density at radius 2 is 2.22 bits per heavy atom. The Morgan fingerprint density at radius 3 is 2.94 bits per heavy atom. The molecule has 2 rings (SSSR count). The largest absolute Gasteiger partial charge is 0.508 e. The SMILES string of the molecule is CC(C)N(C)CCNC1CCc2c(O)cccc21. The predicted octanol–water partition coefficient (Wildman–Crippen LogP) is 2.31. The van der Waals surface area contributed by atoms with E-state index in [1.165, 1.54) is 5.56 Å². The molecule has 0 saturated heterocycles. The van der Waals surface area contributed by atoms with Gasteiger partial charge < -0.3 is 15.3 Å². The van der Waals surface area contributed by atoms with Crippen molar-refractivity contribution in [3.05, 3.63) is 29.3 Å². The molecule has 3 nitrogen and oxygen atoms in total. The number of nitrogens with one attached hydrogen (secondary N) is 1. The topological polar surface area (TPSA) is 35.5 Å². The molecule has 1 atom stereocenters. The highest BCUT2D eigenvalue weighted by Gasteiger charge is 2.23. The number of likely N-dealkylation sites (N-methyl/N-ethyl adjacent to an activating group) is 1. The van der Waals surface area contributed by atoms with Gasteiger partial charge in [0.2, 0.25) is 0 Å². The molecule has 0 saturated carbocycles. The number of aromatic hydroxyl groups is 1. The highest BCUT2D eigenvalue weighted by Crippen LogP contribution is 2.35. The van der Waals surface area contributed by atoms with Crippen molar-refractivity contribution in [1.82, 2.24) is 10.2 Å². The molecule has 0 aliphatic heterocycles. The highest BCUT2D eigenvalue weighted by atomic mass is 16.3. The van der Waals surface area contributed by atoms with Crippen LogP contribution >= 0.6 is 0 Å². The van der Waals surface area contributed by atoms with Crippen molar-refractivity contribution < 1.29 is 5.11 Å². The fourth-order valence-electron chi connectivity index (χ4n) is 2.52. The maximum atomic E-state index is 9.80. The van der Waals surface area contributed by atoms with Gasteiger partial charge in [-0.25, -0.2) is 0 Å². The van der Waals surface area contributed by atoms with E-state index in [4.69, 9.17) is 0 Å². The fraction of sp³-hybridized carbons (Fsp3) is 0.600. The van der Waals surface area contributed by atoms with Crippen molar-refractivity contribution in [1.29, 1.82) is 0 Å². The number of phenolic OH excluding ortho intramolecular Hbond substituents is 1. The molecular formula is C15H24N2O. The second kappa shape index (κ2) is 5.72. The highest BCUT2D eigenvalue weighted by molar-refractivity contribution is 5.44. The minimum absolute atomic E-state index is 0.410. The van der Waals surface area contributed by atoms with Gasteiger partial charge in [0.15, 0.2) is 0 Å². The van der Waals surface area contributed by atoms with E-state index in [1.54, 1.807) is 6.07 Å². The molecule has 18 heavy (non-hydrogen) atoms. The van der Waals surface area contributed by atoms with Crippen LogP contribution in [0.4, 0.5) is 0 Å². The molecule has 0 amide bonds. The number of fused-ring (bicyclic) bond motifs is 1. The van der Waals surface area contributed by atoms with Gasteiger partial charge in [0, 0.05) is 25.2 Å². The van der Waals surface area contributed by atoms with E-state index in [0.29, 0.717) is 17.8 Å². The van der Waals surface area contributed by atoms with Crippen LogP contribution in [0.1, 0.15) is 37.4 Å². The van der Waals surface area contributed by atoms with Crippen LogP contribution < -0.4 is 5.32 Å². The quantitative estimate of drug-likeness (QED) is 0.839. The van der Waals surface area contributed by atoms with Crippen LogP contribution in [0.5, 0.6) is 5.75 Å². The Kier molecular flexibility index (Phi) is 4.25. The Hall–Kier alpha value is -1.06. The van der Waals surface area contributed by atoms with Gasteiger partial charge in [-0.3, -0.25) is 0 Å². The summed E-state index contributed by atoms with van der Waals surface area (Å²) < 4.78 is 0. The average molecular weight is 248 g/mol. The van der Waals surface area contributed by atoms with E-state index in [2.05, 4.69) is 37.2 Å². The van der Waals surface area contributed by atoms with Crippen molar-refractivity contribution >= 4 is 0 Å². The second-order valence-corrected chi connectivity index (χ2v) is 5.46. The number of phenols is 1. The molecule has 0 aromatic heterocycles. The molecule has 3 heteroatoms. The molecular weight excluding hydrogens is 224 g/mol. The fourth-order valence-corrected chi connectivity index (χ4v) is 2.52. The number of hydrogen-bond acceptors (Lipinski definition) is 3. The molecule has 0 radical (unpaired) electrons. The van der Waals surface area contributed by atoms with E-state index in [0.717, 1.165) is 31.5 Å². The molecule has 1 aromatic carbocycles. The monoisotopic (exact) mass is 248 g/mol. The first-order valence-corrected chi connectivity index (χ1v) is 6.84. The van der Waals surface area contributed by atoms with Crippen molar-refractivity contribution in [3.63, 3.8) is 0 Å². The standard InChI is InChI=1S/C15H24N2O/c1-11(2)17(3)10-9-16-14-8-7-13-12(14)5-4-6-15(13)18/h4-6,11,14,16,18H,7-10H2,1-3H3. The zero-order valence-electron chi connectivity index (χ0n) is 11.6. The molecule has 0 bridgehead atoms. The van der Waals surface area contributed by atoms with Gasteiger partial charge in [-0.1, -0.05) is 12.1 Å². The van der Waals surface area contributed by atoms with Gasteiger partial charge in [0.25, 0.3) is 0 Å². The van der Waals surface area contributed by atoms with Gasteiger partial charge in [-0.15, -0.1) is 0 Å². The van der Waals surface area contributed by atoms with Gasteiger partial charge >= 0.3 is 0 Å². The minimum Gasteiger partial charge on any atom is -0.508 e. The summed E-state index contributed by atoms with van der Waals surface area (Å²) >= 11 is 0. The summed E-state index contributed by atoms with van der Waals surface area (Å²) in [4.78, 5) is 2.34. The normalized spacial score (nSPS) is 18.6. The Balaban J connectivity index is 1.89. The number of nitrogens with zero attached hydrogens (tertiary/aromatic N) is 1. The average Bonchev–Trinajstić information content (AvgIpc) is 2.74. The van der Waals surface area contributed by atoms with Crippen LogP contribution in [-0.4, -0.2) is 36.2 Å². The summed E-state index contributed by atoms with van der Waals surface area (Å²) in [6.45, 7) is 6.47. The van der Waals surface area contributed by atoms with Crippen molar-refractivity contribution in [2.45, 2.75) is 38.8 Å². The number of benzene rings is 1. The third kappa shape index (κ3) is 2.85. The molecule has 1 unspecified atom stereocenters. The maximum absolute atomic E-state index is 9.80. The molecule has 0 spiro atoms. The summed E-state index contributed by atoms with van der Waals surface area (Å²) in [7, 11) is 2.15. The van der Waals surface area contributed by atoms with E-state index >= 15 is 0 Å². The third-order valence-electron chi connectivity index (χ3n) is 3.98. The number of rotatable bonds is 5. The Morgan fingerprint density at radius 1 is 1.44 bits per heavy atom. The molecule has 1 aliphatic rings. The maximum Gasteiger partial charge on any atom is 0.119 e. The number of hydrogen-bond donors (Lipinski definition) is 2. The molecule has 0 fully saturated rings. The van der Waals surface area contributed by atoms with Crippen molar-refractivity contribution in [3.8, 4) is 5.75 Å². The van der Waals surface area contributed by atoms with Crippen LogP contribution in [-0.2, 0) is 6.42 Å². The van der Waals surface area contributed by atoms with E-state index in [9.17, 15) is 5.11 Å². The first-order chi connectivity index (χ1) is 8.59. The second-order valence-electron chi connectivity index (χ2n) is 5.46. The lowest BCUT2D eigenvalue weighted by molar-refractivity contribution is 0.269. The van der Waals surface area contributed by atoms with Crippen LogP contribution in [0.2, 0.25) is 0 Å². The zero-order valence-corrected chi connectivity index (χ0v) is 11.6. The van der Waals surface area contributed by atoms with Gasteiger partial charge in [0.1, 0.15) is 5.75 Å². The lowest BCUT2D eigenvalue weighted by atomic mass is 10.1. The Labute approximate surface area is 110 Å². The first-order valence-electron chi connectivity index (χ1n) is 6.84. The van der Waals surface area contributed by atoms with Crippen LogP contribution in [0.15, 0.2) is 18.2 Å². The van der Waals surface area contributed by atoms with Gasteiger partial charge in [0.05, 0.1) is 0 Å². The molecule has 2 N–H and O–H groups in total.